The Balaban J connectivity index is 1.69. The van der Waals surface area contributed by atoms with Gasteiger partial charge in [-0.3, -0.25) is 0 Å². The first-order chi connectivity index (χ1) is 12.6. The summed E-state index contributed by atoms with van der Waals surface area (Å²) in [5.41, 5.74) is 4.47. The predicted molar refractivity (Wildman–Crippen MR) is 97.7 cm³/mol. The van der Waals surface area contributed by atoms with Crippen LogP contribution in [0.5, 0.6) is 0 Å². The molecule has 2 aromatic carbocycles. The third-order valence-electron chi connectivity index (χ3n) is 4.51. The minimum atomic E-state index is -1.13. The van der Waals surface area contributed by atoms with Gasteiger partial charge in [-0.05, 0) is 28.7 Å². The Kier molecular flexibility index (Phi) is 5.23. The second kappa shape index (κ2) is 7.75. The molecular formula is C21H19NO4. The lowest BCUT2D eigenvalue weighted by molar-refractivity contribution is -0.139. The Hall–Kier alpha value is -3.26. The maximum atomic E-state index is 12.1. The normalized spacial score (nSPS) is 13.2. The SMILES string of the molecule is C#CCC[C@H](NC(=O)OCC1c2ccccc2-c2ccccc21)C(=O)O. The second-order valence-corrected chi connectivity index (χ2v) is 6.10. The van der Waals surface area contributed by atoms with Crippen LogP contribution in [0.1, 0.15) is 29.9 Å². The van der Waals surface area contributed by atoms with Crippen LogP contribution in [0.3, 0.4) is 0 Å². The summed E-state index contributed by atoms with van der Waals surface area (Å²) in [5.74, 6) is 1.17. The van der Waals surface area contributed by atoms with E-state index in [2.05, 4.69) is 23.4 Å². The minimum Gasteiger partial charge on any atom is -0.480 e. The van der Waals surface area contributed by atoms with E-state index in [1.54, 1.807) is 0 Å². The van der Waals surface area contributed by atoms with Gasteiger partial charge in [-0.25, -0.2) is 9.59 Å². The molecule has 0 fully saturated rings. The molecule has 0 unspecified atom stereocenters. The van der Waals surface area contributed by atoms with Crippen LogP contribution < -0.4 is 5.32 Å². The van der Waals surface area contributed by atoms with Crippen molar-refractivity contribution in [3.05, 3.63) is 59.7 Å². The van der Waals surface area contributed by atoms with Crippen molar-refractivity contribution >= 4 is 12.1 Å². The number of amides is 1. The van der Waals surface area contributed by atoms with Crippen molar-refractivity contribution in [2.24, 2.45) is 0 Å². The summed E-state index contributed by atoms with van der Waals surface area (Å²) >= 11 is 0. The van der Waals surface area contributed by atoms with Gasteiger partial charge in [0.05, 0.1) is 0 Å². The van der Waals surface area contributed by atoms with Crippen LogP contribution in [-0.2, 0) is 9.53 Å². The van der Waals surface area contributed by atoms with Gasteiger partial charge in [-0.15, -0.1) is 12.3 Å². The van der Waals surface area contributed by atoms with Crippen molar-refractivity contribution in [3.63, 3.8) is 0 Å². The minimum absolute atomic E-state index is 0.0675. The zero-order chi connectivity index (χ0) is 18.5. The molecule has 1 aliphatic carbocycles. The summed E-state index contributed by atoms with van der Waals surface area (Å²) in [4.78, 5) is 23.2. The molecule has 0 aliphatic heterocycles. The average Bonchev–Trinajstić information content (AvgIpc) is 2.97. The van der Waals surface area contributed by atoms with Gasteiger partial charge in [0, 0.05) is 12.3 Å². The van der Waals surface area contributed by atoms with E-state index in [1.165, 1.54) is 0 Å². The first-order valence-electron chi connectivity index (χ1n) is 8.39. The van der Waals surface area contributed by atoms with E-state index in [0.29, 0.717) is 0 Å². The van der Waals surface area contributed by atoms with Crippen LogP contribution >= 0.6 is 0 Å². The molecule has 132 valence electrons. The lowest BCUT2D eigenvalue weighted by Gasteiger charge is -2.17. The van der Waals surface area contributed by atoms with E-state index in [4.69, 9.17) is 16.3 Å². The zero-order valence-electron chi connectivity index (χ0n) is 14.1. The van der Waals surface area contributed by atoms with Crippen molar-refractivity contribution in [1.82, 2.24) is 5.32 Å². The number of carbonyl (C=O) groups is 2. The lowest BCUT2D eigenvalue weighted by Crippen LogP contribution is -2.41. The van der Waals surface area contributed by atoms with Gasteiger partial charge < -0.3 is 15.2 Å². The highest BCUT2D eigenvalue weighted by Gasteiger charge is 2.29. The fourth-order valence-corrected chi connectivity index (χ4v) is 3.27. The standard InChI is InChI=1S/C21H19NO4/c1-2-3-12-19(20(23)24)22-21(25)26-13-18-16-10-6-4-8-14(16)15-9-5-7-11-17(15)18/h1,4-11,18-19H,3,12-13H2,(H,22,25)(H,23,24)/t19-/m0/s1. The maximum absolute atomic E-state index is 12.1. The van der Waals surface area contributed by atoms with Crippen molar-refractivity contribution in [1.29, 1.82) is 0 Å². The number of nitrogens with one attached hydrogen (secondary N) is 1. The molecule has 1 atom stereocenters. The summed E-state index contributed by atoms with van der Waals surface area (Å²) in [5, 5.41) is 11.5. The number of hydrogen-bond acceptors (Lipinski definition) is 3. The second-order valence-electron chi connectivity index (χ2n) is 6.10. The molecule has 2 N–H and O–H groups in total. The molecule has 0 radical (unpaired) electrons. The van der Waals surface area contributed by atoms with Crippen LogP contribution in [0.2, 0.25) is 0 Å². The number of hydrogen-bond donors (Lipinski definition) is 2. The number of alkyl carbamates (subject to hydrolysis) is 1. The molecule has 0 bridgehead atoms. The third kappa shape index (κ3) is 3.55. The Morgan fingerprint density at radius 1 is 1.12 bits per heavy atom. The number of carboxylic acid groups (broad SMARTS) is 1. The fourth-order valence-electron chi connectivity index (χ4n) is 3.27. The summed E-state index contributed by atoms with van der Waals surface area (Å²) in [6, 6.07) is 15.0. The van der Waals surface area contributed by atoms with E-state index < -0.39 is 18.1 Å². The Bertz CT molecular complexity index is 823. The van der Waals surface area contributed by atoms with Gasteiger partial charge in [-0.1, -0.05) is 48.5 Å². The number of ether oxygens (including phenoxy) is 1. The summed E-state index contributed by atoms with van der Waals surface area (Å²) < 4.78 is 5.34. The van der Waals surface area contributed by atoms with Crippen LogP contribution in [0, 0.1) is 12.3 Å². The molecule has 26 heavy (non-hydrogen) atoms. The van der Waals surface area contributed by atoms with E-state index >= 15 is 0 Å². The van der Waals surface area contributed by atoms with Crippen LogP contribution in [-0.4, -0.2) is 29.8 Å². The first-order valence-corrected chi connectivity index (χ1v) is 8.39. The third-order valence-corrected chi connectivity index (χ3v) is 4.51. The van der Waals surface area contributed by atoms with Crippen LogP contribution in [0.4, 0.5) is 4.79 Å². The number of benzene rings is 2. The molecule has 2 aromatic rings. The van der Waals surface area contributed by atoms with Crippen molar-refractivity contribution in [2.45, 2.75) is 24.8 Å². The number of fused-ring (bicyclic) bond motifs is 3. The zero-order valence-corrected chi connectivity index (χ0v) is 14.1. The van der Waals surface area contributed by atoms with Gasteiger partial charge in [-0.2, -0.15) is 0 Å². The van der Waals surface area contributed by atoms with E-state index in [0.717, 1.165) is 22.3 Å². The van der Waals surface area contributed by atoms with E-state index in [1.807, 2.05) is 36.4 Å². The molecule has 0 spiro atoms. The molecule has 0 saturated carbocycles. The quantitative estimate of drug-likeness (QED) is 0.784. The van der Waals surface area contributed by atoms with E-state index in [9.17, 15) is 9.59 Å². The Morgan fingerprint density at radius 3 is 2.23 bits per heavy atom. The molecule has 5 nitrogen and oxygen atoms in total. The van der Waals surface area contributed by atoms with Gasteiger partial charge in [0.15, 0.2) is 0 Å². The van der Waals surface area contributed by atoms with Crippen LogP contribution in [0.25, 0.3) is 11.1 Å². The number of carboxylic acids is 1. The van der Waals surface area contributed by atoms with Gasteiger partial charge in [0.1, 0.15) is 12.6 Å². The monoisotopic (exact) mass is 349 g/mol. The van der Waals surface area contributed by atoms with Crippen molar-refractivity contribution < 1.29 is 19.4 Å². The summed E-state index contributed by atoms with van der Waals surface area (Å²) in [7, 11) is 0. The van der Waals surface area contributed by atoms with Gasteiger partial charge in [0.25, 0.3) is 0 Å². The Morgan fingerprint density at radius 2 is 1.69 bits per heavy atom. The summed E-state index contributed by atoms with van der Waals surface area (Å²) in [6.07, 6.45) is 4.83. The smallest absolute Gasteiger partial charge is 0.407 e. The number of carbonyl (C=O) groups excluding carboxylic acids is 1. The largest absolute Gasteiger partial charge is 0.480 e. The van der Waals surface area contributed by atoms with Gasteiger partial charge in [0.2, 0.25) is 0 Å². The topological polar surface area (TPSA) is 75.6 Å². The summed E-state index contributed by atoms with van der Waals surface area (Å²) in [6.45, 7) is 0.140. The van der Waals surface area contributed by atoms with Crippen molar-refractivity contribution in [3.8, 4) is 23.5 Å². The molecule has 0 heterocycles. The van der Waals surface area contributed by atoms with Crippen LogP contribution in [0.15, 0.2) is 48.5 Å². The molecule has 1 amide bonds. The molecule has 5 heteroatoms. The van der Waals surface area contributed by atoms with E-state index in [-0.39, 0.29) is 25.4 Å². The first kappa shape index (κ1) is 17.6. The Labute approximate surface area is 152 Å². The molecule has 0 saturated heterocycles. The lowest BCUT2D eigenvalue weighted by atomic mass is 9.98. The predicted octanol–water partition coefficient (Wildman–Crippen LogP) is 3.39. The molecular weight excluding hydrogens is 330 g/mol. The average molecular weight is 349 g/mol. The molecule has 3 rings (SSSR count). The number of rotatable bonds is 6. The molecule has 0 aromatic heterocycles. The highest BCUT2D eigenvalue weighted by atomic mass is 16.5. The highest BCUT2D eigenvalue weighted by Crippen LogP contribution is 2.44. The van der Waals surface area contributed by atoms with Crippen molar-refractivity contribution in [2.75, 3.05) is 6.61 Å². The number of terminal acetylenes is 1. The number of aliphatic carboxylic acids is 1. The maximum Gasteiger partial charge on any atom is 0.407 e. The highest BCUT2D eigenvalue weighted by molar-refractivity contribution is 5.81. The van der Waals surface area contributed by atoms with Gasteiger partial charge >= 0.3 is 12.1 Å². The molecule has 1 aliphatic rings. The fraction of sp³-hybridized carbons (Fsp3) is 0.238.